The van der Waals surface area contributed by atoms with Crippen molar-refractivity contribution in [2.45, 2.75) is 25.6 Å². The van der Waals surface area contributed by atoms with Crippen LogP contribution in [0.5, 0.6) is 0 Å². The van der Waals surface area contributed by atoms with Crippen molar-refractivity contribution >= 4 is 11.6 Å². The van der Waals surface area contributed by atoms with Gasteiger partial charge in [-0.1, -0.05) is 12.1 Å². The number of carbonyl (C=O) groups is 1. The number of benzene rings is 1. The summed E-state index contributed by atoms with van der Waals surface area (Å²) in [4.78, 5) is 22.8. The number of nitriles is 1. The van der Waals surface area contributed by atoms with Crippen LogP contribution >= 0.6 is 0 Å². The predicted molar refractivity (Wildman–Crippen MR) is 104 cm³/mol. The van der Waals surface area contributed by atoms with E-state index in [1.807, 2.05) is 47.2 Å². The standard InChI is InChI=1S/C21H20N6O/c22-10-16-3-5-17(6-4-16)14-26-15-24-12-19(26)13-25-20-7-9-27(21(20)28)18-2-1-8-23-11-18/h1-6,8,11-12,15,20,25H,7,9,13-14H2/t20-/m0/s1. The Bertz CT molecular complexity index is 990. The highest BCUT2D eigenvalue weighted by atomic mass is 16.2. The van der Waals surface area contributed by atoms with Crippen molar-refractivity contribution in [2.75, 3.05) is 11.4 Å². The van der Waals surface area contributed by atoms with E-state index in [0.717, 1.165) is 23.4 Å². The quantitative estimate of drug-likeness (QED) is 0.716. The first-order valence-electron chi connectivity index (χ1n) is 9.17. The van der Waals surface area contributed by atoms with Gasteiger partial charge in [0.15, 0.2) is 0 Å². The summed E-state index contributed by atoms with van der Waals surface area (Å²) in [5, 5.41) is 12.3. The Morgan fingerprint density at radius 3 is 2.79 bits per heavy atom. The van der Waals surface area contributed by atoms with Gasteiger partial charge in [0.05, 0.1) is 41.6 Å². The van der Waals surface area contributed by atoms with Crippen LogP contribution in [-0.4, -0.2) is 33.0 Å². The van der Waals surface area contributed by atoms with Gasteiger partial charge in [0.2, 0.25) is 5.91 Å². The second kappa shape index (κ2) is 8.03. The summed E-state index contributed by atoms with van der Waals surface area (Å²) in [6.45, 7) is 1.92. The molecule has 3 heterocycles. The largest absolute Gasteiger partial charge is 0.329 e. The molecule has 7 nitrogen and oxygen atoms in total. The molecule has 2 aromatic heterocycles. The third-order valence-corrected chi connectivity index (χ3v) is 4.93. The number of carbonyl (C=O) groups excluding carboxylic acids is 1. The van der Waals surface area contributed by atoms with E-state index >= 15 is 0 Å². The molecule has 0 bridgehead atoms. The number of amides is 1. The number of rotatable bonds is 6. The number of nitrogens with zero attached hydrogens (tertiary/aromatic N) is 5. The van der Waals surface area contributed by atoms with E-state index in [4.69, 9.17) is 5.26 Å². The molecular weight excluding hydrogens is 352 g/mol. The zero-order valence-electron chi connectivity index (χ0n) is 15.3. The monoisotopic (exact) mass is 372 g/mol. The lowest BCUT2D eigenvalue weighted by molar-refractivity contribution is -0.118. The van der Waals surface area contributed by atoms with Crippen LogP contribution in [0, 0.1) is 11.3 Å². The van der Waals surface area contributed by atoms with Crippen LogP contribution in [-0.2, 0) is 17.9 Å². The van der Waals surface area contributed by atoms with Gasteiger partial charge in [0, 0.05) is 32.0 Å². The van der Waals surface area contributed by atoms with Crippen molar-refractivity contribution in [3.8, 4) is 6.07 Å². The first-order valence-corrected chi connectivity index (χ1v) is 9.17. The Labute approximate surface area is 163 Å². The topological polar surface area (TPSA) is 86.8 Å². The fourth-order valence-electron chi connectivity index (χ4n) is 3.39. The molecule has 0 unspecified atom stereocenters. The molecular formula is C21H20N6O. The summed E-state index contributed by atoms with van der Waals surface area (Å²) in [5.74, 6) is 0.0751. The van der Waals surface area contributed by atoms with Gasteiger partial charge in [-0.15, -0.1) is 0 Å². The Kier molecular flexibility index (Phi) is 5.13. The van der Waals surface area contributed by atoms with Gasteiger partial charge < -0.3 is 14.8 Å². The minimum atomic E-state index is -0.210. The van der Waals surface area contributed by atoms with Gasteiger partial charge in [-0.25, -0.2) is 4.98 Å². The summed E-state index contributed by atoms with van der Waals surface area (Å²) in [7, 11) is 0. The second-order valence-electron chi connectivity index (χ2n) is 6.74. The highest BCUT2D eigenvalue weighted by Crippen LogP contribution is 2.20. The summed E-state index contributed by atoms with van der Waals surface area (Å²) >= 11 is 0. The summed E-state index contributed by atoms with van der Waals surface area (Å²) < 4.78 is 2.05. The van der Waals surface area contributed by atoms with Crippen molar-refractivity contribution in [1.29, 1.82) is 5.26 Å². The van der Waals surface area contributed by atoms with Crippen LogP contribution in [0.2, 0.25) is 0 Å². The molecule has 140 valence electrons. The molecule has 0 spiro atoms. The zero-order chi connectivity index (χ0) is 19.3. The fraction of sp³-hybridized carbons (Fsp3) is 0.238. The predicted octanol–water partition coefficient (Wildman–Crippen LogP) is 2.09. The van der Waals surface area contributed by atoms with Crippen LogP contribution in [0.4, 0.5) is 5.69 Å². The number of anilines is 1. The molecule has 1 N–H and O–H groups in total. The van der Waals surface area contributed by atoms with Crippen molar-refractivity contribution in [3.05, 3.63) is 78.1 Å². The minimum absolute atomic E-state index is 0.0751. The van der Waals surface area contributed by atoms with Crippen LogP contribution in [0.3, 0.4) is 0 Å². The summed E-state index contributed by atoms with van der Waals surface area (Å²) in [6, 6.07) is 13.2. The van der Waals surface area contributed by atoms with Gasteiger partial charge in [-0.3, -0.25) is 9.78 Å². The maximum absolute atomic E-state index is 12.7. The number of aromatic nitrogens is 3. The molecule has 1 fully saturated rings. The van der Waals surface area contributed by atoms with Gasteiger partial charge in [-0.2, -0.15) is 5.26 Å². The third kappa shape index (κ3) is 3.77. The summed E-state index contributed by atoms with van der Waals surface area (Å²) in [6.07, 6.45) is 7.78. The highest BCUT2D eigenvalue weighted by molar-refractivity contribution is 5.99. The highest BCUT2D eigenvalue weighted by Gasteiger charge is 2.32. The molecule has 1 aliphatic heterocycles. The Balaban J connectivity index is 1.38. The molecule has 4 rings (SSSR count). The second-order valence-corrected chi connectivity index (χ2v) is 6.74. The van der Waals surface area contributed by atoms with Gasteiger partial charge >= 0.3 is 0 Å². The molecule has 1 atom stereocenters. The number of hydrogen-bond acceptors (Lipinski definition) is 5. The van der Waals surface area contributed by atoms with Crippen LogP contribution in [0.1, 0.15) is 23.2 Å². The maximum Gasteiger partial charge on any atom is 0.244 e. The fourth-order valence-corrected chi connectivity index (χ4v) is 3.39. The molecule has 7 heteroatoms. The lowest BCUT2D eigenvalue weighted by Gasteiger charge is -2.17. The molecule has 0 aliphatic carbocycles. The average Bonchev–Trinajstić information content (AvgIpc) is 3.33. The number of nitrogens with one attached hydrogen (secondary N) is 1. The van der Waals surface area contributed by atoms with Crippen molar-refractivity contribution in [2.24, 2.45) is 0 Å². The number of pyridine rings is 1. The SMILES string of the molecule is N#Cc1ccc(Cn2cncc2CN[C@H]2CCN(c3cccnc3)C2=O)cc1. The van der Waals surface area contributed by atoms with Crippen molar-refractivity contribution < 1.29 is 4.79 Å². The lowest BCUT2D eigenvalue weighted by atomic mass is 10.1. The number of imidazole rings is 1. The molecule has 1 aromatic carbocycles. The van der Waals surface area contributed by atoms with Crippen molar-refractivity contribution in [3.63, 3.8) is 0 Å². The normalized spacial score (nSPS) is 16.3. The Morgan fingerprint density at radius 1 is 1.18 bits per heavy atom. The minimum Gasteiger partial charge on any atom is -0.329 e. The van der Waals surface area contributed by atoms with E-state index in [-0.39, 0.29) is 11.9 Å². The molecule has 1 aliphatic rings. The van der Waals surface area contributed by atoms with Gasteiger partial charge in [0.25, 0.3) is 0 Å². The van der Waals surface area contributed by atoms with E-state index in [1.165, 1.54) is 0 Å². The molecule has 3 aromatic rings. The smallest absolute Gasteiger partial charge is 0.244 e. The van der Waals surface area contributed by atoms with Crippen LogP contribution in [0.25, 0.3) is 0 Å². The Morgan fingerprint density at radius 2 is 2.04 bits per heavy atom. The van der Waals surface area contributed by atoms with Gasteiger partial charge in [-0.05, 0) is 36.2 Å². The first kappa shape index (κ1) is 17.9. The van der Waals surface area contributed by atoms with E-state index in [0.29, 0.717) is 25.2 Å². The third-order valence-electron chi connectivity index (χ3n) is 4.93. The number of hydrogen-bond donors (Lipinski definition) is 1. The van der Waals surface area contributed by atoms with Crippen molar-refractivity contribution in [1.82, 2.24) is 19.9 Å². The molecule has 1 saturated heterocycles. The molecule has 0 radical (unpaired) electrons. The Hall–Kier alpha value is -3.50. The first-order chi connectivity index (χ1) is 13.7. The van der Waals surface area contributed by atoms with E-state index in [2.05, 4.69) is 21.4 Å². The lowest BCUT2D eigenvalue weighted by Crippen LogP contribution is -2.38. The zero-order valence-corrected chi connectivity index (χ0v) is 15.3. The van der Waals surface area contributed by atoms with Crippen LogP contribution in [0.15, 0.2) is 61.3 Å². The van der Waals surface area contributed by atoms with Crippen LogP contribution < -0.4 is 10.2 Å². The average molecular weight is 372 g/mol. The van der Waals surface area contributed by atoms with E-state index in [1.54, 1.807) is 23.6 Å². The summed E-state index contributed by atoms with van der Waals surface area (Å²) in [5.41, 5.74) is 3.59. The van der Waals surface area contributed by atoms with E-state index in [9.17, 15) is 4.79 Å². The van der Waals surface area contributed by atoms with Gasteiger partial charge in [0.1, 0.15) is 0 Å². The maximum atomic E-state index is 12.7. The molecule has 1 amide bonds. The molecule has 0 saturated carbocycles. The van der Waals surface area contributed by atoms with E-state index < -0.39 is 0 Å². The molecule has 28 heavy (non-hydrogen) atoms.